The highest BCUT2D eigenvalue weighted by Crippen LogP contribution is 2.39. The van der Waals surface area contributed by atoms with Crippen molar-refractivity contribution in [3.63, 3.8) is 0 Å². The van der Waals surface area contributed by atoms with Crippen molar-refractivity contribution in [2.75, 3.05) is 38.1 Å². The van der Waals surface area contributed by atoms with E-state index in [1.54, 1.807) is 16.3 Å². The summed E-state index contributed by atoms with van der Waals surface area (Å²) in [6, 6.07) is 10.4. The second kappa shape index (κ2) is 10.8. The van der Waals surface area contributed by atoms with E-state index in [4.69, 9.17) is 0 Å². The maximum absolute atomic E-state index is 13.3. The lowest BCUT2D eigenvalue weighted by molar-refractivity contribution is -0.258. The highest BCUT2D eigenvalue weighted by atomic mass is 32.2. The van der Waals surface area contributed by atoms with E-state index in [0.29, 0.717) is 12.6 Å². The Balaban J connectivity index is 1.65. The van der Waals surface area contributed by atoms with Crippen molar-refractivity contribution in [2.45, 2.75) is 33.8 Å². The number of rotatable bonds is 8. The Morgan fingerprint density at radius 2 is 1.77 bits per heavy atom. The van der Waals surface area contributed by atoms with Gasteiger partial charge in [-0.3, -0.25) is 4.98 Å². The molecule has 1 fully saturated rings. The fourth-order valence-electron chi connectivity index (χ4n) is 4.29. The molecule has 4 rings (SSSR count). The zero-order valence-corrected chi connectivity index (χ0v) is 23.4. The van der Waals surface area contributed by atoms with E-state index in [9.17, 15) is 35.1 Å². The summed E-state index contributed by atoms with van der Waals surface area (Å²) in [4.78, 5) is 5.59. The van der Waals surface area contributed by atoms with Gasteiger partial charge in [0.1, 0.15) is 9.10 Å². The molecule has 0 radical (unpaired) electrons. The number of hydrogen-bond donors (Lipinski definition) is 1. The van der Waals surface area contributed by atoms with Crippen LogP contribution in [-0.4, -0.2) is 81.0 Å². The van der Waals surface area contributed by atoms with Gasteiger partial charge >= 0.3 is 6.18 Å². The predicted molar refractivity (Wildman–Crippen MR) is 140 cm³/mol. The number of anilines is 1. The summed E-state index contributed by atoms with van der Waals surface area (Å²) in [5.41, 5.74) is -2.95. The fourth-order valence-corrected chi connectivity index (χ4v) is 8.08. The molecule has 212 valence electrons. The van der Waals surface area contributed by atoms with Gasteiger partial charge in [0.25, 0.3) is 10.0 Å². The first-order valence-electron chi connectivity index (χ1n) is 11.7. The molecule has 3 aromatic rings. The molecule has 9 nitrogen and oxygen atoms in total. The van der Waals surface area contributed by atoms with E-state index >= 15 is 0 Å². The number of halogens is 3. The number of aliphatic hydroxyl groups is 1. The van der Waals surface area contributed by atoms with Crippen LogP contribution in [0, 0.1) is 0 Å². The summed E-state index contributed by atoms with van der Waals surface area (Å²) >= 11 is 1.07. The molecule has 1 aliphatic rings. The van der Waals surface area contributed by atoms with Crippen LogP contribution in [0.4, 0.5) is 18.9 Å². The number of aromatic nitrogens is 1. The number of alkyl halides is 3. The molecule has 2 atom stereocenters. The summed E-state index contributed by atoms with van der Waals surface area (Å²) < 4.78 is 95.3. The summed E-state index contributed by atoms with van der Waals surface area (Å²) in [5, 5.41) is 11.7. The van der Waals surface area contributed by atoms with Crippen LogP contribution in [0.2, 0.25) is 0 Å². The van der Waals surface area contributed by atoms with Gasteiger partial charge in [0.15, 0.2) is 5.60 Å². The highest BCUT2D eigenvalue weighted by Gasteiger charge is 2.51. The lowest BCUT2D eigenvalue weighted by atomic mass is 9.95. The molecule has 3 heterocycles. The average molecular weight is 605 g/mol. The first kappa shape index (κ1) is 29.4. The molecule has 0 amide bonds. The number of sulfonamides is 2. The highest BCUT2D eigenvalue weighted by molar-refractivity contribution is 7.91. The van der Waals surface area contributed by atoms with Gasteiger partial charge in [0, 0.05) is 51.3 Å². The van der Waals surface area contributed by atoms with Gasteiger partial charge in [-0.2, -0.15) is 21.8 Å². The Morgan fingerprint density at radius 3 is 2.33 bits per heavy atom. The second-order valence-corrected chi connectivity index (χ2v) is 14.4. The van der Waals surface area contributed by atoms with E-state index in [1.807, 2.05) is 0 Å². The van der Waals surface area contributed by atoms with E-state index in [1.165, 1.54) is 54.1 Å². The first-order valence-corrected chi connectivity index (χ1v) is 15.5. The topological polar surface area (TPSA) is 111 Å². The van der Waals surface area contributed by atoms with E-state index < -0.39 is 37.9 Å². The standard InChI is InChI=1S/C24H27F3N4O5S3/c1-23(32,24(25,26)27)18-7-9-19(10-8-18)31-13-12-30(39(35,36)22-6-4-14-37-22)17-20(31)16-29(2)38(33,34)21-5-3-11-28-15-21/h3-11,14-15,20,32H,12-13,16-17H2,1-2H3/t20-,23-/m0/s1. The minimum atomic E-state index is -4.89. The Morgan fingerprint density at radius 1 is 1.08 bits per heavy atom. The van der Waals surface area contributed by atoms with Crippen molar-refractivity contribution in [1.82, 2.24) is 13.6 Å². The maximum atomic E-state index is 13.3. The molecule has 0 spiro atoms. The van der Waals surface area contributed by atoms with Crippen LogP contribution < -0.4 is 4.90 Å². The Labute approximate surface area is 229 Å². The number of hydrogen-bond acceptors (Lipinski definition) is 8. The lowest BCUT2D eigenvalue weighted by Crippen LogP contribution is -2.58. The zero-order chi connectivity index (χ0) is 28.6. The minimum Gasteiger partial charge on any atom is -0.376 e. The van der Waals surface area contributed by atoms with Crippen LogP contribution in [0.1, 0.15) is 12.5 Å². The number of thiophene rings is 1. The molecular weight excluding hydrogens is 577 g/mol. The summed E-state index contributed by atoms with van der Waals surface area (Å²) in [7, 11) is -6.42. The van der Waals surface area contributed by atoms with Gasteiger partial charge in [-0.05, 0) is 48.2 Å². The number of likely N-dealkylation sites (N-methyl/N-ethyl adjacent to an activating group) is 1. The van der Waals surface area contributed by atoms with Gasteiger partial charge in [-0.25, -0.2) is 16.8 Å². The molecule has 0 aliphatic carbocycles. The van der Waals surface area contributed by atoms with Gasteiger partial charge < -0.3 is 10.0 Å². The average Bonchev–Trinajstić information content (AvgIpc) is 3.45. The Kier molecular flexibility index (Phi) is 8.13. The molecular formula is C24H27F3N4O5S3. The molecule has 15 heteroatoms. The van der Waals surface area contributed by atoms with E-state index in [0.717, 1.165) is 27.8 Å². The molecule has 2 aromatic heterocycles. The summed E-state index contributed by atoms with van der Waals surface area (Å²) in [6.07, 6.45) is -2.24. The largest absolute Gasteiger partial charge is 0.421 e. The van der Waals surface area contributed by atoms with Crippen molar-refractivity contribution in [3.05, 3.63) is 71.9 Å². The smallest absolute Gasteiger partial charge is 0.376 e. The number of nitrogens with zero attached hydrogens (tertiary/aromatic N) is 4. The third kappa shape index (κ3) is 5.83. The molecule has 0 saturated carbocycles. The third-order valence-corrected chi connectivity index (χ3v) is 11.7. The van der Waals surface area contributed by atoms with Crippen LogP contribution in [0.5, 0.6) is 0 Å². The van der Waals surface area contributed by atoms with Gasteiger partial charge in [-0.15, -0.1) is 11.3 Å². The van der Waals surface area contributed by atoms with E-state index in [2.05, 4.69) is 4.98 Å². The predicted octanol–water partition coefficient (Wildman–Crippen LogP) is 3.11. The van der Waals surface area contributed by atoms with Gasteiger partial charge in [0.05, 0.1) is 6.04 Å². The monoisotopic (exact) mass is 604 g/mol. The van der Waals surface area contributed by atoms with Crippen LogP contribution in [0.3, 0.4) is 0 Å². The first-order chi connectivity index (χ1) is 18.2. The van der Waals surface area contributed by atoms with Crippen molar-refractivity contribution >= 4 is 37.1 Å². The van der Waals surface area contributed by atoms with Crippen LogP contribution in [0.25, 0.3) is 0 Å². The van der Waals surface area contributed by atoms with Gasteiger partial charge in [-0.1, -0.05) is 18.2 Å². The van der Waals surface area contributed by atoms with E-state index in [-0.39, 0.29) is 40.8 Å². The summed E-state index contributed by atoms with van der Waals surface area (Å²) in [6.45, 7) is 0.727. The molecule has 0 unspecified atom stereocenters. The normalized spacial score (nSPS) is 19.3. The van der Waals surface area contributed by atoms with Crippen LogP contribution in [0.15, 0.2) is 75.4 Å². The molecule has 39 heavy (non-hydrogen) atoms. The minimum absolute atomic E-state index is 0.0309. The SMILES string of the molecule is CN(C[C@H]1CN(S(=O)(=O)c2cccs2)CCN1c1ccc([C@](C)(O)C(F)(F)F)cc1)S(=O)(=O)c1cccnc1. The molecule has 1 N–H and O–H groups in total. The van der Waals surface area contributed by atoms with Crippen molar-refractivity contribution in [1.29, 1.82) is 0 Å². The van der Waals surface area contributed by atoms with Gasteiger partial charge in [0.2, 0.25) is 10.0 Å². The second-order valence-electron chi connectivity index (χ2n) is 9.23. The zero-order valence-electron chi connectivity index (χ0n) is 21.0. The molecule has 1 aliphatic heterocycles. The third-order valence-electron chi connectivity index (χ3n) is 6.66. The molecule has 1 saturated heterocycles. The van der Waals surface area contributed by atoms with Crippen molar-refractivity contribution < 1.29 is 35.1 Å². The lowest BCUT2D eigenvalue weighted by Gasteiger charge is -2.43. The van der Waals surface area contributed by atoms with Crippen molar-refractivity contribution in [2.24, 2.45) is 0 Å². The number of piperazine rings is 1. The maximum Gasteiger partial charge on any atom is 0.421 e. The molecule has 0 bridgehead atoms. The number of pyridine rings is 1. The van der Waals surface area contributed by atoms with Crippen LogP contribution in [-0.2, 0) is 25.6 Å². The fraction of sp³-hybridized carbons (Fsp3) is 0.375. The van der Waals surface area contributed by atoms with Crippen molar-refractivity contribution in [3.8, 4) is 0 Å². The molecule has 1 aromatic carbocycles. The van der Waals surface area contributed by atoms with Crippen LogP contribution >= 0.6 is 11.3 Å². The summed E-state index contributed by atoms with van der Waals surface area (Å²) in [5.74, 6) is 0. The number of benzene rings is 1. The Bertz CT molecular complexity index is 1480. The Hall–Kier alpha value is -2.56. The quantitative estimate of drug-likeness (QED) is 0.421.